The number of aliphatic hydroxyl groups is 1. The van der Waals surface area contributed by atoms with E-state index in [2.05, 4.69) is 25.1 Å². The van der Waals surface area contributed by atoms with Crippen LogP contribution in [0.25, 0.3) is 0 Å². The molecule has 7 unspecified atom stereocenters. The molecule has 134 valence electrons. The Morgan fingerprint density at radius 2 is 1.92 bits per heavy atom. The van der Waals surface area contributed by atoms with E-state index < -0.39 is 0 Å². The van der Waals surface area contributed by atoms with E-state index in [4.69, 9.17) is 0 Å². The Labute approximate surface area is 146 Å². The van der Waals surface area contributed by atoms with Gasteiger partial charge < -0.3 is 10.3 Å². The minimum atomic E-state index is -0.117. The first kappa shape index (κ1) is 16.6. The molecule has 0 amide bonds. The highest BCUT2D eigenvalue weighted by atomic mass is 16.4. The molecule has 4 aliphatic carbocycles. The van der Waals surface area contributed by atoms with Crippen LogP contribution in [0.5, 0.6) is 0 Å². The van der Waals surface area contributed by atoms with Crippen LogP contribution in [0.4, 0.5) is 0 Å². The Kier molecular flexibility index (Phi) is 3.87. The van der Waals surface area contributed by atoms with E-state index in [1.807, 2.05) is 6.92 Å². The average Bonchev–Trinajstić information content (AvgIpc) is 2.92. The molecule has 3 saturated carbocycles. The summed E-state index contributed by atoms with van der Waals surface area (Å²) in [6.45, 7) is 6.95. The number of oxime groups is 1. The van der Waals surface area contributed by atoms with Crippen LogP contribution in [-0.4, -0.2) is 22.1 Å². The first-order valence-corrected chi connectivity index (χ1v) is 9.96. The molecule has 4 aliphatic rings. The van der Waals surface area contributed by atoms with Gasteiger partial charge in [0.15, 0.2) is 0 Å². The Morgan fingerprint density at radius 1 is 1.12 bits per heavy atom. The normalized spacial score (nSPS) is 51.4. The Morgan fingerprint density at radius 3 is 2.67 bits per heavy atom. The molecule has 0 radical (unpaired) electrons. The molecule has 3 heteroatoms. The second-order valence-corrected chi connectivity index (χ2v) is 9.57. The summed E-state index contributed by atoms with van der Waals surface area (Å²) >= 11 is 0. The molecule has 0 saturated heterocycles. The van der Waals surface area contributed by atoms with Gasteiger partial charge in [-0.2, -0.15) is 0 Å². The lowest BCUT2D eigenvalue weighted by atomic mass is 9.47. The van der Waals surface area contributed by atoms with Crippen LogP contribution in [0, 0.1) is 34.5 Å². The lowest BCUT2D eigenvalue weighted by Gasteiger charge is -2.58. The highest BCUT2D eigenvalue weighted by molar-refractivity contribution is 5.85. The molecule has 4 rings (SSSR count). The van der Waals surface area contributed by atoms with Gasteiger partial charge in [-0.3, -0.25) is 0 Å². The molecule has 7 atom stereocenters. The molecule has 3 fully saturated rings. The average molecular weight is 332 g/mol. The van der Waals surface area contributed by atoms with Gasteiger partial charge in [-0.1, -0.05) is 30.7 Å². The van der Waals surface area contributed by atoms with Gasteiger partial charge in [0.2, 0.25) is 0 Å². The van der Waals surface area contributed by atoms with Crippen molar-refractivity contribution in [3.8, 4) is 0 Å². The van der Waals surface area contributed by atoms with Gasteiger partial charge in [0.25, 0.3) is 0 Å². The first-order chi connectivity index (χ1) is 11.4. The Balaban J connectivity index is 1.65. The minimum Gasteiger partial charge on any atom is -0.411 e. The molecule has 0 aliphatic heterocycles. The van der Waals surface area contributed by atoms with E-state index in [0.717, 1.165) is 42.7 Å². The van der Waals surface area contributed by atoms with Gasteiger partial charge in [0, 0.05) is 5.92 Å². The minimum absolute atomic E-state index is 0.117. The quantitative estimate of drug-likeness (QED) is 0.314. The highest BCUT2D eigenvalue weighted by Gasteiger charge is 2.59. The fourth-order valence-corrected chi connectivity index (χ4v) is 7.40. The number of fused-ring (bicyclic) bond motifs is 5. The summed E-state index contributed by atoms with van der Waals surface area (Å²) in [7, 11) is 0. The third-order valence-corrected chi connectivity index (χ3v) is 8.74. The standard InChI is InChI=1S/C21H33NO2/c1-13(22-24)17-6-7-18-16-5-4-14-12-15(23)8-10-20(14,2)19(16)9-11-21(17,18)3/h4,15-19,23-24H,5-12H2,1-3H3. The van der Waals surface area contributed by atoms with E-state index in [1.54, 1.807) is 5.57 Å². The zero-order valence-electron chi connectivity index (χ0n) is 15.5. The van der Waals surface area contributed by atoms with Crippen LogP contribution in [0.1, 0.15) is 72.1 Å². The third-order valence-electron chi connectivity index (χ3n) is 8.74. The maximum absolute atomic E-state index is 10.1. The molecular weight excluding hydrogens is 298 g/mol. The zero-order chi connectivity index (χ0) is 17.1. The van der Waals surface area contributed by atoms with E-state index >= 15 is 0 Å². The number of allylic oxidation sites excluding steroid dienone is 1. The highest BCUT2D eigenvalue weighted by Crippen LogP contribution is 2.66. The summed E-state index contributed by atoms with van der Waals surface area (Å²) in [6, 6.07) is 0. The van der Waals surface area contributed by atoms with Crippen LogP contribution in [-0.2, 0) is 0 Å². The van der Waals surface area contributed by atoms with E-state index in [9.17, 15) is 10.3 Å². The van der Waals surface area contributed by atoms with Gasteiger partial charge in [-0.05, 0) is 86.9 Å². The van der Waals surface area contributed by atoms with Crippen LogP contribution in [0.3, 0.4) is 0 Å². The molecule has 24 heavy (non-hydrogen) atoms. The van der Waals surface area contributed by atoms with Crippen molar-refractivity contribution in [2.24, 2.45) is 39.7 Å². The summed E-state index contributed by atoms with van der Waals surface area (Å²) in [5.74, 6) is 2.79. The molecule has 0 aromatic rings. The fraction of sp³-hybridized carbons (Fsp3) is 0.857. The second-order valence-electron chi connectivity index (χ2n) is 9.57. The van der Waals surface area contributed by atoms with Crippen LogP contribution >= 0.6 is 0 Å². The van der Waals surface area contributed by atoms with Crippen LogP contribution < -0.4 is 0 Å². The monoisotopic (exact) mass is 331 g/mol. The van der Waals surface area contributed by atoms with Gasteiger partial charge >= 0.3 is 0 Å². The van der Waals surface area contributed by atoms with Crippen molar-refractivity contribution >= 4 is 5.71 Å². The van der Waals surface area contributed by atoms with E-state index in [1.165, 1.54) is 32.1 Å². The zero-order valence-corrected chi connectivity index (χ0v) is 15.5. The fourth-order valence-electron chi connectivity index (χ4n) is 7.40. The summed E-state index contributed by atoms with van der Waals surface area (Å²) in [6.07, 6.45) is 11.7. The van der Waals surface area contributed by atoms with Gasteiger partial charge in [0.05, 0.1) is 11.8 Å². The first-order valence-electron chi connectivity index (χ1n) is 9.96. The summed E-state index contributed by atoms with van der Waals surface area (Å²) in [4.78, 5) is 0. The van der Waals surface area contributed by atoms with Crippen molar-refractivity contribution in [1.29, 1.82) is 0 Å². The largest absolute Gasteiger partial charge is 0.411 e. The lowest BCUT2D eigenvalue weighted by Crippen LogP contribution is -2.50. The number of rotatable bonds is 1. The van der Waals surface area contributed by atoms with Gasteiger partial charge in [0.1, 0.15) is 0 Å². The van der Waals surface area contributed by atoms with Crippen LogP contribution in [0.2, 0.25) is 0 Å². The molecule has 0 bridgehead atoms. The molecule has 0 aromatic carbocycles. The maximum atomic E-state index is 10.1. The summed E-state index contributed by atoms with van der Waals surface area (Å²) < 4.78 is 0. The van der Waals surface area contributed by atoms with Crippen molar-refractivity contribution in [2.75, 3.05) is 0 Å². The number of hydrogen-bond acceptors (Lipinski definition) is 3. The lowest BCUT2D eigenvalue weighted by molar-refractivity contribution is -0.0425. The summed E-state index contributed by atoms with van der Waals surface area (Å²) in [5.41, 5.74) is 3.13. The van der Waals surface area contributed by atoms with Gasteiger partial charge in [-0.25, -0.2) is 0 Å². The predicted molar refractivity (Wildman–Crippen MR) is 96.1 cm³/mol. The topological polar surface area (TPSA) is 52.8 Å². The second kappa shape index (κ2) is 5.59. The molecule has 3 nitrogen and oxygen atoms in total. The molecule has 0 aromatic heterocycles. The molecule has 2 N–H and O–H groups in total. The smallest absolute Gasteiger partial charge is 0.0577 e. The molecular formula is C21H33NO2. The maximum Gasteiger partial charge on any atom is 0.0577 e. The van der Waals surface area contributed by atoms with Gasteiger partial charge in [-0.15, -0.1) is 0 Å². The number of hydrogen-bond donors (Lipinski definition) is 2. The summed E-state index contributed by atoms with van der Waals surface area (Å²) in [5, 5.41) is 23.0. The van der Waals surface area contributed by atoms with Crippen molar-refractivity contribution in [2.45, 2.75) is 78.2 Å². The van der Waals surface area contributed by atoms with E-state index in [0.29, 0.717) is 16.7 Å². The van der Waals surface area contributed by atoms with Crippen molar-refractivity contribution in [3.05, 3.63) is 11.6 Å². The van der Waals surface area contributed by atoms with E-state index in [-0.39, 0.29) is 6.10 Å². The van der Waals surface area contributed by atoms with Crippen molar-refractivity contribution in [3.63, 3.8) is 0 Å². The Bertz CT molecular complexity index is 582. The number of aliphatic hydroxyl groups excluding tert-OH is 1. The van der Waals surface area contributed by atoms with Crippen molar-refractivity contribution in [1.82, 2.24) is 0 Å². The predicted octanol–water partition coefficient (Wildman–Crippen LogP) is 4.78. The number of nitrogens with zero attached hydrogens (tertiary/aromatic N) is 1. The Hall–Kier alpha value is -0.830. The molecule has 0 heterocycles. The third kappa shape index (κ3) is 2.16. The molecule has 0 spiro atoms. The SMILES string of the molecule is CC(=NO)C1CCC2C3CC=C4CC(O)CCC4(C)C3CCC12C. The van der Waals surface area contributed by atoms with Crippen molar-refractivity contribution < 1.29 is 10.3 Å². The van der Waals surface area contributed by atoms with Crippen LogP contribution in [0.15, 0.2) is 16.8 Å².